The summed E-state index contributed by atoms with van der Waals surface area (Å²) in [5, 5.41) is 13.7. The number of aliphatic hydroxyl groups is 1. The lowest BCUT2D eigenvalue weighted by atomic mass is 10.0. The number of nitrogens with zero attached hydrogens (tertiary/aromatic N) is 2. The average molecular weight is 242 g/mol. The molecule has 1 N–H and O–H groups in total. The molecule has 0 fully saturated rings. The van der Waals surface area contributed by atoms with E-state index in [0.717, 1.165) is 12.1 Å². The van der Waals surface area contributed by atoms with E-state index in [1.165, 1.54) is 17.1 Å². The molecule has 0 saturated carbocycles. The highest BCUT2D eigenvalue weighted by molar-refractivity contribution is 5.28. The van der Waals surface area contributed by atoms with E-state index < -0.39 is 23.6 Å². The molecule has 17 heavy (non-hydrogen) atoms. The van der Waals surface area contributed by atoms with Crippen molar-refractivity contribution in [1.29, 1.82) is 0 Å². The van der Waals surface area contributed by atoms with Gasteiger partial charge in [-0.15, -0.1) is 0 Å². The first-order chi connectivity index (χ1) is 7.99. The van der Waals surface area contributed by atoms with Crippen molar-refractivity contribution >= 4 is 0 Å². The van der Waals surface area contributed by atoms with Crippen molar-refractivity contribution in [2.75, 3.05) is 0 Å². The summed E-state index contributed by atoms with van der Waals surface area (Å²) in [6.07, 6.45) is 1.63. The van der Waals surface area contributed by atoms with Gasteiger partial charge in [0.25, 0.3) is 0 Å². The monoisotopic (exact) mass is 242 g/mol. The first-order valence-electron chi connectivity index (χ1n) is 4.80. The van der Waals surface area contributed by atoms with Crippen LogP contribution in [0.25, 0.3) is 0 Å². The maximum absolute atomic E-state index is 13.0. The molecule has 3 nitrogen and oxygen atoms in total. The topological polar surface area (TPSA) is 38.0 Å². The Bertz CT molecular complexity index is 530. The van der Waals surface area contributed by atoms with Gasteiger partial charge in [0.2, 0.25) is 0 Å². The summed E-state index contributed by atoms with van der Waals surface area (Å²) >= 11 is 0. The summed E-state index contributed by atoms with van der Waals surface area (Å²) < 4.78 is 40.1. The maximum Gasteiger partial charge on any atom is 0.194 e. The fourth-order valence-corrected chi connectivity index (χ4v) is 1.51. The summed E-state index contributed by atoms with van der Waals surface area (Å²) in [7, 11) is 1.64. The Morgan fingerprint density at radius 3 is 2.24 bits per heavy atom. The molecule has 0 aliphatic heterocycles. The second-order valence-electron chi connectivity index (χ2n) is 3.65. The number of hydrogen-bond donors (Lipinski definition) is 1. The van der Waals surface area contributed by atoms with Gasteiger partial charge < -0.3 is 5.11 Å². The van der Waals surface area contributed by atoms with Crippen LogP contribution in [0.15, 0.2) is 24.5 Å². The first kappa shape index (κ1) is 11.7. The molecule has 1 aromatic carbocycles. The predicted octanol–water partition coefficient (Wildman–Crippen LogP) is 1.92. The molecule has 2 aromatic rings. The molecule has 0 bridgehead atoms. The second kappa shape index (κ2) is 4.21. The van der Waals surface area contributed by atoms with Crippen LogP contribution in [0.3, 0.4) is 0 Å². The number of rotatable bonds is 2. The molecule has 6 heteroatoms. The van der Waals surface area contributed by atoms with Gasteiger partial charge in [-0.2, -0.15) is 5.10 Å². The van der Waals surface area contributed by atoms with Crippen LogP contribution in [-0.4, -0.2) is 14.9 Å². The zero-order chi connectivity index (χ0) is 12.6. The van der Waals surface area contributed by atoms with Crippen molar-refractivity contribution in [3.8, 4) is 0 Å². The maximum atomic E-state index is 13.0. The van der Waals surface area contributed by atoms with Crippen molar-refractivity contribution in [3.05, 3.63) is 53.1 Å². The van der Waals surface area contributed by atoms with Gasteiger partial charge >= 0.3 is 0 Å². The van der Waals surface area contributed by atoms with Crippen LogP contribution in [0.2, 0.25) is 0 Å². The fourth-order valence-electron chi connectivity index (χ4n) is 1.51. The number of aromatic nitrogens is 2. The van der Waals surface area contributed by atoms with Gasteiger partial charge in [0.05, 0.1) is 6.20 Å². The van der Waals surface area contributed by atoms with Crippen molar-refractivity contribution in [1.82, 2.24) is 9.78 Å². The Balaban J connectivity index is 2.41. The van der Waals surface area contributed by atoms with E-state index in [0.29, 0.717) is 5.56 Å². The minimum Gasteiger partial charge on any atom is -0.384 e. The van der Waals surface area contributed by atoms with Crippen LogP contribution in [0.4, 0.5) is 13.2 Å². The van der Waals surface area contributed by atoms with Crippen LogP contribution >= 0.6 is 0 Å². The first-order valence-corrected chi connectivity index (χ1v) is 4.80. The van der Waals surface area contributed by atoms with Crippen LogP contribution < -0.4 is 0 Å². The van der Waals surface area contributed by atoms with E-state index in [2.05, 4.69) is 5.10 Å². The molecule has 0 saturated heterocycles. The summed E-state index contributed by atoms with van der Waals surface area (Å²) in [5.41, 5.74) is 0.312. The lowest BCUT2D eigenvalue weighted by Crippen LogP contribution is -2.02. The SMILES string of the molecule is Cn1cc(C(O)c2cc(F)c(F)c(F)c2)cn1. The predicted molar refractivity (Wildman–Crippen MR) is 53.6 cm³/mol. The summed E-state index contributed by atoms with van der Waals surface area (Å²) in [6.45, 7) is 0. The molecular formula is C11H9F3N2O. The van der Waals surface area contributed by atoms with E-state index in [9.17, 15) is 18.3 Å². The average Bonchev–Trinajstić information content (AvgIpc) is 2.71. The third-order valence-electron chi connectivity index (χ3n) is 2.36. The molecule has 0 aliphatic carbocycles. The zero-order valence-electron chi connectivity index (χ0n) is 8.86. The molecule has 1 atom stereocenters. The smallest absolute Gasteiger partial charge is 0.194 e. The normalized spacial score (nSPS) is 12.8. The molecule has 90 valence electrons. The number of hydrogen-bond acceptors (Lipinski definition) is 2. The van der Waals surface area contributed by atoms with Crippen molar-refractivity contribution in [3.63, 3.8) is 0 Å². The lowest BCUT2D eigenvalue weighted by molar-refractivity contribution is 0.218. The zero-order valence-corrected chi connectivity index (χ0v) is 8.86. The van der Waals surface area contributed by atoms with E-state index in [1.807, 2.05) is 0 Å². The molecule has 0 radical (unpaired) electrons. The molecule has 0 aliphatic rings. The summed E-state index contributed by atoms with van der Waals surface area (Å²) in [6, 6.07) is 1.52. The molecule has 1 aromatic heterocycles. The van der Waals surface area contributed by atoms with E-state index in [4.69, 9.17) is 0 Å². The number of aryl methyl sites for hydroxylation is 1. The van der Waals surface area contributed by atoms with Gasteiger partial charge in [-0.25, -0.2) is 13.2 Å². The highest BCUT2D eigenvalue weighted by Crippen LogP contribution is 2.24. The molecular weight excluding hydrogens is 233 g/mol. The minimum absolute atomic E-state index is 0.0607. The third-order valence-corrected chi connectivity index (χ3v) is 2.36. The number of halogens is 3. The Hall–Kier alpha value is -1.82. The van der Waals surface area contributed by atoms with Crippen LogP contribution in [0.5, 0.6) is 0 Å². The van der Waals surface area contributed by atoms with Gasteiger partial charge in [0.1, 0.15) is 6.10 Å². The number of aliphatic hydroxyl groups excluding tert-OH is 1. The van der Waals surface area contributed by atoms with Crippen molar-refractivity contribution < 1.29 is 18.3 Å². The highest BCUT2D eigenvalue weighted by Gasteiger charge is 2.17. The second-order valence-corrected chi connectivity index (χ2v) is 3.65. The highest BCUT2D eigenvalue weighted by atomic mass is 19.2. The van der Waals surface area contributed by atoms with Crippen LogP contribution in [-0.2, 0) is 7.05 Å². The Morgan fingerprint density at radius 2 is 1.76 bits per heavy atom. The minimum atomic E-state index is -1.55. The van der Waals surface area contributed by atoms with Gasteiger partial charge in [0.15, 0.2) is 17.5 Å². The molecule has 2 rings (SSSR count). The molecule has 1 heterocycles. The summed E-state index contributed by atoms with van der Waals surface area (Å²) in [5.74, 6) is -4.21. The lowest BCUT2D eigenvalue weighted by Gasteiger charge is -2.09. The van der Waals surface area contributed by atoms with E-state index in [1.54, 1.807) is 7.05 Å². The van der Waals surface area contributed by atoms with Crippen molar-refractivity contribution in [2.24, 2.45) is 7.05 Å². The largest absolute Gasteiger partial charge is 0.384 e. The third kappa shape index (κ3) is 2.16. The van der Waals surface area contributed by atoms with Gasteiger partial charge in [-0.3, -0.25) is 4.68 Å². The fraction of sp³-hybridized carbons (Fsp3) is 0.182. The molecule has 1 unspecified atom stereocenters. The quantitative estimate of drug-likeness (QED) is 0.817. The van der Waals surface area contributed by atoms with E-state index in [-0.39, 0.29) is 5.56 Å². The van der Waals surface area contributed by atoms with E-state index >= 15 is 0 Å². The Labute approximate surface area is 95.1 Å². The standard InChI is InChI=1S/C11H9F3N2O/c1-16-5-7(4-15-16)11(17)6-2-8(12)10(14)9(13)3-6/h2-5,11,17H,1H3. The van der Waals surface area contributed by atoms with Crippen LogP contribution in [0.1, 0.15) is 17.2 Å². The van der Waals surface area contributed by atoms with Gasteiger partial charge in [-0.1, -0.05) is 0 Å². The van der Waals surface area contributed by atoms with Gasteiger partial charge in [-0.05, 0) is 17.7 Å². The van der Waals surface area contributed by atoms with Gasteiger partial charge in [0, 0.05) is 18.8 Å². The molecule has 0 amide bonds. The Kier molecular flexibility index (Phi) is 2.89. The number of benzene rings is 1. The molecule has 0 spiro atoms. The summed E-state index contributed by atoms with van der Waals surface area (Å²) in [4.78, 5) is 0. The van der Waals surface area contributed by atoms with Crippen molar-refractivity contribution in [2.45, 2.75) is 6.10 Å². The Morgan fingerprint density at radius 1 is 1.18 bits per heavy atom. The van der Waals surface area contributed by atoms with Crippen LogP contribution in [0, 0.1) is 17.5 Å².